The molecule has 1 saturated heterocycles. The van der Waals surface area contributed by atoms with Crippen LogP contribution in [0.2, 0.25) is 5.02 Å². The van der Waals surface area contributed by atoms with Gasteiger partial charge in [-0.15, -0.1) is 11.3 Å². The van der Waals surface area contributed by atoms with Crippen LogP contribution in [0.3, 0.4) is 0 Å². The second kappa shape index (κ2) is 11.0. The lowest BCUT2D eigenvalue weighted by Crippen LogP contribution is -2.35. The normalized spacial score (nSPS) is 15.2. The predicted molar refractivity (Wildman–Crippen MR) is 147 cm³/mol. The lowest BCUT2D eigenvalue weighted by Gasteiger charge is -2.30. The Hall–Kier alpha value is -3.58. The van der Waals surface area contributed by atoms with Crippen molar-refractivity contribution >= 4 is 39.9 Å². The van der Waals surface area contributed by atoms with E-state index >= 15 is 0 Å². The summed E-state index contributed by atoms with van der Waals surface area (Å²) in [6, 6.07) is 14.9. The topological polar surface area (TPSA) is 89.6 Å². The van der Waals surface area contributed by atoms with Gasteiger partial charge in [0.25, 0.3) is 0 Å². The molecule has 0 aliphatic carbocycles. The minimum atomic E-state index is -0.504. The van der Waals surface area contributed by atoms with E-state index in [-0.39, 0.29) is 6.10 Å². The second-order valence-electron chi connectivity index (χ2n) is 9.24. The molecule has 38 heavy (non-hydrogen) atoms. The number of rotatable bonds is 7. The molecule has 3 heterocycles. The summed E-state index contributed by atoms with van der Waals surface area (Å²) in [6.45, 7) is 3.86. The molecule has 5 rings (SSSR count). The third kappa shape index (κ3) is 5.20. The average Bonchev–Trinajstić information content (AvgIpc) is 3.54. The van der Waals surface area contributed by atoms with Crippen molar-refractivity contribution in [2.75, 3.05) is 27.2 Å². The number of ether oxygens (including phenoxy) is 3. The molecule has 1 fully saturated rings. The number of carbonyl (C=O) groups excluding carboxylic acids is 1. The number of benzene rings is 2. The highest BCUT2D eigenvalue weighted by Gasteiger charge is 2.25. The maximum atomic E-state index is 12.7. The minimum Gasteiger partial charge on any atom is -0.489 e. The second-order valence-corrected chi connectivity index (χ2v) is 10.6. The van der Waals surface area contributed by atoms with Gasteiger partial charge in [0.1, 0.15) is 35.0 Å². The molecule has 1 aliphatic rings. The number of halogens is 1. The fourth-order valence-electron chi connectivity index (χ4n) is 4.53. The first kappa shape index (κ1) is 26.0. The fourth-order valence-corrected chi connectivity index (χ4v) is 5.84. The van der Waals surface area contributed by atoms with Crippen molar-refractivity contribution in [3.63, 3.8) is 0 Å². The SMILES string of the molecule is COC(=O)c1sc(-n2cnc3ccc(C#N)cc32)cc1O[C@H](C)c1cccc(OC2CCN(C)CC2)c1Cl. The number of piperidine rings is 1. The number of hydrogen-bond acceptors (Lipinski definition) is 8. The predicted octanol–water partition coefficient (Wildman–Crippen LogP) is 6.01. The maximum absolute atomic E-state index is 12.7. The van der Waals surface area contributed by atoms with Gasteiger partial charge in [0, 0.05) is 24.7 Å². The van der Waals surface area contributed by atoms with Gasteiger partial charge < -0.3 is 19.1 Å². The summed E-state index contributed by atoms with van der Waals surface area (Å²) in [5.41, 5.74) is 2.77. The number of nitriles is 1. The Morgan fingerprint density at radius 2 is 2.00 bits per heavy atom. The van der Waals surface area contributed by atoms with E-state index in [1.165, 1.54) is 18.4 Å². The highest BCUT2D eigenvalue weighted by Crippen LogP contribution is 2.39. The molecule has 0 spiro atoms. The quantitative estimate of drug-likeness (QED) is 0.260. The average molecular weight is 551 g/mol. The van der Waals surface area contributed by atoms with Gasteiger partial charge in [-0.2, -0.15) is 5.26 Å². The first-order valence-electron chi connectivity index (χ1n) is 12.3. The molecule has 0 radical (unpaired) electrons. The smallest absolute Gasteiger partial charge is 0.351 e. The van der Waals surface area contributed by atoms with Crippen LogP contribution in [-0.2, 0) is 4.74 Å². The van der Waals surface area contributed by atoms with E-state index in [1.807, 2.05) is 29.7 Å². The summed E-state index contributed by atoms with van der Waals surface area (Å²) >= 11 is 8.01. The molecular weight excluding hydrogens is 524 g/mol. The molecule has 2 aromatic heterocycles. The van der Waals surface area contributed by atoms with Crippen LogP contribution in [0.5, 0.6) is 11.5 Å². The van der Waals surface area contributed by atoms with Gasteiger partial charge in [-0.25, -0.2) is 9.78 Å². The standard InChI is InChI=1S/C28H27ClN4O4S/c1-17(20-5-4-6-23(26(20)29)37-19-9-11-32(2)12-10-19)36-24-14-25(38-27(24)28(34)35-3)33-16-31-21-8-7-18(15-30)13-22(21)33/h4-8,13-14,16-17,19H,9-12H2,1-3H3/t17-/m1/s1. The van der Waals surface area contributed by atoms with Crippen molar-refractivity contribution < 1.29 is 19.0 Å². The first-order valence-corrected chi connectivity index (χ1v) is 13.5. The number of esters is 1. The van der Waals surface area contributed by atoms with E-state index in [0.29, 0.717) is 32.0 Å². The summed E-state index contributed by atoms with van der Waals surface area (Å²) in [5, 5.41) is 10.5. The number of aromatic nitrogens is 2. The number of hydrogen-bond donors (Lipinski definition) is 0. The number of thiophene rings is 1. The summed E-state index contributed by atoms with van der Waals surface area (Å²) in [7, 11) is 3.45. The largest absolute Gasteiger partial charge is 0.489 e. The number of nitrogens with zero attached hydrogens (tertiary/aromatic N) is 4. The van der Waals surface area contributed by atoms with Gasteiger partial charge in [0.2, 0.25) is 0 Å². The highest BCUT2D eigenvalue weighted by molar-refractivity contribution is 7.16. The molecule has 196 valence electrons. The summed E-state index contributed by atoms with van der Waals surface area (Å²) in [5.74, 6) is 0.503. The van der Waals surface area contributed by atoms with Crippen LogP contribution in [0.25, 0.3) is 16.0 Å². The van der Waals surface area contributed by atoms with Gasteiger partial charge in [-0.05, 0) is 51.1 Å². The summed E-state index contributed by atoms with van der Waals surface area (Å²) in [6.07, 6.45) is 3.20. The number of imidazole rings is 1. The molecule has 4 aromatic rings. The molecule has 0 bridgehead atoms. The van der Waals surface area contributed by atoms with Crippen molar-refractivity contribution in [2.45, 2.75) is 32.0 Å². The van der Waals surface area contributed by atoms with Crippen molar-refractivity contribution in [1.82, 2.24) is 14.5 Å². The molecular formula is C28H27ClN4O4S. The molecule has 0 N–H and O–H groups in total. The van der Waals surface area contributed by atoms with Crippen LogP contribution in [0.15, 0.2) is 48.8 Å². The number of fused-ring (bicyclic) bond motifs is 1. The van der Waals surface area contributed by atoms with Gasteiger partial charge in [0.15, 0.2) is 4.88 Å². The zero-order valence-corrected chi connectivity index (χ0v) is 22.9. The fraction of sp³-hybridized carbons (Fsp3) is 0.321. The van der Waals surface area contributed by atoms with Crippen LogP contribution >= 0.6 is 22.9 Å². The Labute approximate surface area is 229 Å². The zero-order chi connectivity index (χ0) is 26.8. The maximum Gasteiger partial charge on any atom is 0.351 e. The van der Waals surface area contributed by atoms with Crippen LogP contribution in [0, 0.1) is 11.3 Å². The highest BCUT2D eigenvalue weighted by atomic mass is 35.5. The number of methoxy groups -OCH3 is 1. The van der Waals surface area contributed by atoms with E-state index in [4.69, 9.17) is 25.8 Å². The lowest BCUT2D eigenvalue weighted by molar-refractivity contribution is 0.0600. The molecule has 2 aromatic carbocycles. The Morgan fingerprint density at radius 1 is 1.21 bits per heavy atom. The minimum absolute atomic E-state index is 0.118. The van der Waals surface area contributed by atoms with Crippen LogP contribution in [-0.4, -0.2) is 53.8 Å². The summed E-state index contributed by atoms with van der Waals surface area (Å²) in [4.78, 5) is 19.7. The monoisotopic (exact) mass is 550 g/mol. The molecule has 1 aliphatic heterocycles. The zero-order valence-electron chi connectivity index (χ0n) is 21.3. The van der Waals surface area contributed by atoms with Crippen LogP contribution in [0.4, 0.5) is 0 Å². The number of likely N-dealkylation sites (tertiary alicyclic amines) is 1. The first-order chi connectivity index (χ1) is 18.4. The van der Waals surface area contributed by atoms with E-state index in [9.17, 15) is 10.1 Å². The molecule has 0 amide bonds. The van der Waals surface area contributed by atoms with Crippen molar-refractivity contribution in [3.05, 3.63) is 69.8 Å². The van der Waals surface area contributed by atoms with E-state index in [1.54, 1.807) is 30.6 Å². The Morgan fingerprint density at radius 3 is 2.74 bits per heavy atom. The molecule has 8 nitrogen and oxygen atoms in total. The lowest BCUT2D eigenvalue weighted by atomic mass is 10.1. The van der Waals surface area contributed by atoms with Crippen molar-refractivity contribution in [3.8, 4) is 22.6 Å². The molecule has 1 atom stereocenters. The van der Waals surface area contributed by atoms with Gasteiger partial charge in [-0.1, -0.05) is 23.7 Å². The third-order valence-corrected chi connectivity index (χ3v) is 8.16. The van der Waals surface area contributed by atoms with Crippen molar-refractivity contribution in [2.24, 2.45) is 0 Å². The Bertz CT molecular complexity index is 1520. The van der Waals surface area contributed by atoms with E-state index in [0.717, 1.165) is 42.5 Å². The van der Waals surface area contributed by atoms with Gasteiger partial charge in [-0.3, -0.25) is 4.57 Å². The van der Waals surface area contributed by atoms with Crippen LogP contribution in [0.1, 0.15) is 46.7 Å². The Balaban J connectivity index is 1.43. The molecule has 0 saturated carbocycles. The van der Waals surface area contributed by atoms with E-state index < -0.39 is 12.1 Å². The van der Waals surface area contributed by atoms with Crippen molar-refractivity contribution in [1.29, 1.82) is 5.26 Å². The third-order valence-electron chi connectivity index (χ3n) is 6.66. The molecule has 10 heteroatoms. The number of carbonyl (C=O) groups is 1. The van der Waals surface area contributed by atoms with Crippen LogP contribution < -0.4 is 9.47 Å². The molecule has 0 unspecified atom stereocenters. The summed E-state index contributed by atoms with van der Waals surface area (Å²) < 4.78 is 19.4. The Kier molecular flexibility index (Phi) is 7.56. The van der Waals surface area contributed by atoms with E-state index in [2.05, 4.69) is 23.0 Å². The van der Waals surface area contributed by atoms with Gasteiger partial charge >= 0.3 is 5.97 Å². The van der Waals surface area contributed by atoms with Gasteiger partial charge in [0.05, 0.1) is 34.8 Å².